The molecule has 1 amide bonds. The minimum Gasteiger partial charge on any atom is -0.480 e. The molecule has 11 nitrogen and oxygen atoms in total. The van der Waals surface area contributed by atoms with Crippen molar-refractivity contribution in [1.82, 2.24) is 4.90 Å². The molecule has 0 spiro atoms. The predicted molar refractivity (Wildman–Crippen MR) is 73.9 cm³/mol. The number of esters is 1. The summed E-state index contributed by atoms with van der Waals surface area (Å²) in [6.07, 6.45) is 0. The van der Waals surface area contributed by atoms with E-state index in [4.69, 9.17) is 10.3 Å². The summed E-state index contributed by atoms with van der Waals surface area (Å²) in [6, 6.07) is 0. The molecule has 23 heavy (non-hydrogen) atoms. The Hall–Kier alpha value is -2.72. The summed E-state index contributed by atoms with van der Waals surface area (Å²) in [4.78, 5) is 49.0. The zero-order chi connectivity index (χ0) is 17.4. The van der Waals surface area contributed by atoms with E-state index in [0.29, 0.717) is 0 Å². The highest BCUT2D eigenvalue weighted by atomic mass is 32.2. The molecule has 12 heteroatoms. The fourth-order valence-electron chi connectivity index (χ4n) is 2.30. The molecular weight excluding hydrogens is 332 g/mol. The quantitative estimate of drug-likeness (QED) is 0.175. The van der Waals surface area contributed by atoms with Crippen molar-refractivity contribution in [3.8, 4) is 0 Å². The van der Waals surface area contributed by atoms with Crippen molar-refractivity contribution in [1.29, 1.82) is 0 Å². The molecule has 0 aromatic heterocycles. The Morgan fingerprint density at radius 3 is 2.65 bits per heavy atom. The second-order valence-corrected chi connectivity index (χ2v) is 5.71. The summed E-state index contributed by atoms with van der Waals surface area (Å²) < 4.78 is 4.74. The number of β-lactam (4-membered cyclic amide) rings is 1. The number of rotatable bonds is 5. The molecule has 0 aliphatic carbocycles. The first kappa shape index (κ1) is 16.6. The third kappa shape index (κ3) is 2.37. The fraction of sp³-hybridized carbons (Fsp3) is 0.455. The second-order valence-electron chi connectivity index (χ2n) is 4.64. The summed E-state index contributed by atoms with van der Waals surface area (Å²) in [5, 5.41) is 20.4. The number of hydrogen-bond acceptors (Lipinski definition) is 7. The van der Waals surface area contributed by atoms with Crippen LogP contribution < -0.4 is 0 Å². The van der Waals surface area contributed by atoms with Gasteiger partial charge in [-0.1, -0.05) is 5.11 Å². The monoisotopic (exact) mass is 342 g/mol. The molecule has 0 aromatic rings. The number of hydrogen-bond donors (Lipinski definition) is 2. The van der Waals surface area contributed by atoms with Crippen LogP contribution in [0.1, 0.15) is 6.92 Å². The van der Waals surface area contributed by atoms with Gasteiger partial charge in [0.1, 0.15) is 17.7 Å². The summed E-state index contributed by atoms with van der Waals surface area (Å²) in [7, 11) is 0. The number of carbonyl (C=O) groups excluding carboxylic acids is 2. The van der Waals surface area contributed by atoms with Crippen molar-refractivity contribution in [2.45, 2.75) is 17.8 Å². The Bertz CT molecular complexity index is 694. The lowest BCUT2D eigenvalue weighted by Crippen LogP contribution is -2.75. The minimum absolute atomic E-state index is 0.0132. The number of ether oxygens (including phenoxy) is 1. The number of azide groups is 1. The van der Waals surface area contributed by atoms with Crippen LogP contribution in [-0.4, -0.2) is 62.2 Å². The smallest absolute Gasteiger partial charge is 0.352 e. The van der Waals surface area contributed by atoms with E-state index in [1.807, 2.05) is 0 Å². The van der Waals surface area contributed by atoms with Crippen molar-refractivity contribution in [2.75, 3.05) is 12.4 Å². The van der Waals surface area contributed by atoms with Gasteiger partial charge in [0.2, 0.25) is 0 Å². The number of thioether (sulfide) groups is 1. The molecule has 2 rings (SSSR count). The zero-order valence-corrected chi connectivity index (χ0v) is 12.4. The summed E-state index contributed by atoms with van der Waals surface area (Å²) in [5.74, 6) is -4.87. The van der Waals surface area contributed by atoms with Gasteiger partial charge in [-0.3, -0.25) is 19.3 Å². The van der Waals surface area contributed by atoms with Crippen LogP contribution >= 0.6 is 11.8 Å². The molecule has 1 saturated heterocycles. The highest BCUT2D eigenvalue weighted by molar-refractivity contribution is 8.00. The van der Waals surface area contributed by atoms with Gasteiger partial charge in [0, 0.05) is 23.2 Å². The lowest BCUT2D eigenvalue weighted by atomic mass is 9.87. The van der Waals surface area contributed by atoms with Gasteiger partial charge in [0.05, 0.1) is 0 Å². The Morgan fingerprint density at radius 1 is 1.52 bits per heavy atom. The number of carbonyl (C=O) groups is 4. The molecule has 2 heterocycles. The Labute approximate surface area is 132 Å². The second kappa shape index (κ2) is 5.82. The van der Waals surface area contributed by atoms with E-state index in [9.17, 15) is 29.4 Å². The van der Waals surface area contributed by atoms with Crippen LogP contribution in [0.5, 0.6) is 0 Å². The van der Waals surface area contributed by atoms with E-state index in [1.165, 1.54) is 0 Å². The van der Waals surface area contributed by atoms with Gasteiger partial charge in [-0.05, 0) is 5.53 Å². The largest absolute Gasteiger partial charge is 0.480 e. The maximum absolute atomic E-state index is 12.2. The Balaban J connectivity index is 2.44. The first-order chi connectivity index (χ1) is 10.8. The maximum Gasteiger partial charge on any atom is 0.352 e. The fourth-order valence-corrected chi connectivity index (χ4v) is 3.72. The SMILES string of the molecule is CC(=O)OCC1=C(C(=O)O)N2C(=O)C(N=[N+]=[N-])(C(=O)O)[C@H]2SC1. The van der Waals surface area contributed by atoms with Crippen LogP contribution in [-0.2, 0) is 23.9 Å². The van der Waals surface area contributed by atoms with Crippen molar-refractivity contribution in [3.05, 3.63) is 21.7 Å². The summed E-state index contributed by atoms with van der Waals surface area (Å²) in [5.41, 5.74) is 5.86. The third-order valence-electron chi connectivity index (χ3n) is 3.31. The molecule has 0 radical (unpaired) electrons. The molecular formula is C11H10N4O7S. The van der Waals surface area contributed by atoms with Crippen LogP contribution in [0.4, 0.5) is 0 Å². The molecule has 2 N–H and O–H groups in total. The minimum atomic E-state index is -2.37. The highest BCUT2D eigenvalue weighted by Gasteiger charge is 2.69. The molecule has 122 valence electrons. The molecule has 1 unspecified atom stereocenters. The van der Waals surface area contributed by atoms with Gasteiger partial charge < -0.3 is 14.9 Å². The number of fused-ring (bicyclic) bond motifs is 1. The number of carboxylic acid groups (broad SMARTS) is 2. The van der Waals surface area contributed by atoms with E-state index >= 15 is 0 Å². The van der Waals surface area contributed by atoms with Gasteiger partial charge in [-0.25, -0.2) is 4.79 Å². The van der Waals surface area contributed by atoms with Crippen LogP contribution in [0.15, 0.2) is 16.4 Å². The Morgan fingerprint density at radius 2 is 2.17 bits per heavy atom. The average Bonchev–Trinajstić information content (AvgIpc) is 2.48. The van der Waals surface area contributed by atoms with E-state index < -0.39 is 40.4 Å². The molecule has 2 atom stereocenters. The van der Waals surface area contributed by atoms with Crippen LogP contribution in [0, 0.1) is 0 Å². The van der Waals surface area contributed by atoms with Gasteiger partial charge in [-0.2, -0.15) is 0 Å². The normalized spacial score (nSPS) is 25.9. The van der Waals surface area contributed by atoms with E-state index in [0.717, 1.165) is 23.6 Å². The molecule has 2 aliphatic heterocycles. The predicted octanol–water partition coefficient (Wildman–Crippen LogP) is -0.0630. The van der Waals surface area contributed by atoms with Crippen molar-refractivity contribution >= 4 is 35.6 Å². The van der Waals surface area contributed by atoms with Gasteiger partial charge in [0.15, 0.2) is 0 Å². The van der Waals surface area contributed by atoms with E-state index in [2.05, 4.69) is 10.0 Å². The molecule has 1 fully saturated rings. The van der Waals surface area contributed by atoms with Gasteiger partial charge in [-0.15, -0.1) is 11.8 Å². The van der Waals surface area contributed by atoms with Crippen LogP contribution in [0.3, 0.4) is 0 Å². The Kier molecular flexibility index (Phi) is 4.21. The van der Waals surface area contributed by atoms with Gasteiger partial charge in [0.25, 0.3) is 11.4 Å². The first-order valence-electron chi connectivity index (χ1n) is 6.11. The number of nitrogens with zero attached hydrogens (tertiary/aromatic N) is 4. The van der Waals surface area contributed by atoms with Crippen molar-refractivity contribution in [2.24, 2.45) is 5.11 Å². The summed E-state index contributed by atoms with van der Waals surface area (Å²) in [6.45, 7) is 0.813. The van der Waals surface area contributed by atoms with E-state index in [1.54, 1.807) is 0 Å². The molecule has 0 saturated carbocycles. The molecule has 0 aromatic carbocycles. The standard InChI is InChI=1S/C11H10N4O7S/c1-4(16)22-2-5-3-23-9-11(10(20)21,13-14-12)8(19)15(9)6(5)7(17)18/h9H,2-3H2,1H3,(H,17,18)(H,20,21)/t9-,11?/m1/s1. The number of aliphatic carboxylic acids is 2. The molecule has 0 bridgehead atoms. The molecule has 2 aliphatic rings. The zero-order valence-electron chi connectivity index (χ0n) is 11.6. The van der Waals surface area contributed by atoms with Crippen LogP contribution in [0.2, 0.25) is 0 Å². The summed E-state index contributed by atoms with van der Waals surface area (Å²) >= 11 is 0.920. The maximum atomic E-state index is 12.2. The highest BCUT2D eigenvalue weighted by Crippen LogP contribution is 2.48. The number of carboxylic acids is 2. The van der Waals surface area contributed by atoms with Crippen molar-refractivity contribution in [3.63, 3.8) is 0 Å². The average molecular weight is 342 g/mol. The van der Waals surface area contributed by atoms with Crippen molar-refractivity contribution < 1.29 is 34.1 Å². The number of amides is 1. The lowest BCUT2D eigenvalue weighted by molar-refractivity contribution is -0.167. The first-order valence-corrected chi connectivity index (χ1v) is 7.15. The van der Waals surface area contributed by atoms with Crippen LogP contribution in [0.25, 0.3) is 10.4 Å². The topological polar surface area (TPSA) is 170 Å². The van der Waals surface area contributed by atoms with E-state index in [-0.39, 0.29) is 17.9 Å². The van der Waals surface area contributed by atoms with Gasteiger partial charge >= 0.3 is 17.9 Å². The lowest BCUT2D eigenvalue weighted by Gasteiger charge is -2.52. The third-order valence-corrected chi connectivity index (χ3v) is 4.69.